The molecule has 4 rings (SSSR count). The summed E-state index contributed by atoms with van der Waals surface area (Å²) in [4.78, 5) is 11.4. The molecule has 2 aromatic carbocycles. The molecule has 0 aliphatic heterocycles. The van der Waals surface area contributed by atoms with Crippen LogP contribution < -0.4 is 9.47 Å². The number of aromatic nitrogens is 3. The molecule has 0 atom stereocenters. The second kappa shape index (κ2) is 6.05. The van der Waals surface area contributed by atoms with Crippen LogP contribution in [0.4, 0.5) is 4.39 Å². The molecule has 6 heteroatoms. The van der Waals surface area contributed by atoms with Gasteiger partial charge in [0.05, 0.1) is 17.5 Å². The second-order valence-corrected chi connectivity index (χ2v) is 5.60. The molecule has 4 aromatic rings. The number of halogens is 1. The van der Waals surface area contributed by atoms with E-state index in [0.29, 0.717) is 28.6 Å². The lowest BCUT2D eigenvalue weighted by molar-refractivity contribution is 0.340. The Morgan fingerprint density at radius 3 is 2.92 bits per heavy atom. The molecule has 0 amide bonds. The molecule has 1 N–H and O–H groups in total. The fourth-order valence-corrected chi connectivity index (χ4v) is 2.74. The number of H-pyrrole nitrogens is 1. The van der Waals surface area contributed by atoms with Crippen molar-refractivity contribution < 1.29 is 13.9 Å². The van der Waals surface area contributed by atoms with Crippen LogP contribution in [0.5, 0.6) is 17.4 Å². The molecule has 0 bridgehead atoms. The molecule has 2 aromatic heterocycles. The minimum absolute atomic E-state index is 0.111. The van der Waals surface area contributed by atoms with Gasteiger partial charge in [-0.3, -0.25) is 0 Å². The Labute approximate surface area is 143 Å². The molecule has 0 unspecified atom stereocenters. The minimum atomic E-state index is -0.427. The molecule has 0 spiro atoms. The first-order valence-electron chi connectivity index (χ1n) is 7.90. The Hall–Kier alpha value is -3.15. The summed E-state index contributed by atoms with van der Waals surface area (Å²) < 4.78 is 25.9. The molecule has 5 nitrogen and oxygen atoms in total. The highest BCUT2D eigenvalue weighted by molar-refractivity contribution is 5.85. The van der Waals surface area contributed by atoms with Crippen LogP contribution in [0.15, 0.2) is 36.7 Å². The molecule has 0 saturated heterocycles. The highest BCUT2D eigenvalue weighted by atomic mass is 19.1. The van der Waals surface area contributed by atoms with Crippen molar-refractivity contribution in [2.45, 2.75) is 13.8 Å². The fourth-order valence-electron chi connectivity index (χ4n) is 2.74. The Bertz CT molecular complexity index is 1080. The van der Waals surface area contributed by atoms with Crippen molar-refractivity contribution in [3.05, 3.63) is 54.2 Å². The second-order valence-electron chi connectivity index (χ2n) is 5.60. The van der Waals surface area contributed by atoms with E-state index in [1.54, 1.807) is 30.3 Å². The minimum Gasteiger partial charge on any atom is -0.493 e. The number of fused-ring (bicyclic) bond motifs is 2. The van der Waals surface area contributed by atoms with E-state index in [4.69, 9.17) is 9.47 Å². The summed E-state index contributed by atoms with van der Waals surface area (Å²) in [6.45, 7) is 4.32. The van der Waals surface area contributed by atoms with E-state index in [9.17, 15) is 4.39 Å². The van der Waals surface area contributed by atoms with Gasteiger partial charge in [-0.15, -0.1) is 0 Å². The summed E-state index contributed by atoms with van der Waals surface area (Å²) in [6.07, 6.45) is 1.38. The SMILES string of the molecule is CCOc1[c]cc2c(Oc3ccc4[nH]c(C)cc4c3F)ncnc2c1. The summed E-state index contributed by atoms with van der Waals surface area (Å²) in [5, 5.41) is 1.12. The molecule has 125 valence electrons. The number of aryl methyl sites for hydroxylation is 1. The van der Waals surface area contributed by atoms with E-state index in [2.05, 4.69) is 21.0 Å². The third kappa shape index (κ3) is 2.76. The normalized spacial score (nSPS) is 11.2. The molecule has 0 aliphatic rings. The van der Waals surface area contributed by atoms with E-state index >= 15 is 0 Å². The van der Waals surface area contributed by atoms with Crippen LogP contribution >= 0.6 is 0 Å². The van der Waals surface area contributed by atoms with Gasteiger partial charge in [0.1, 0.15) is 12.1 Å². The van der Waals surface area contributed by atoms with Crippen LogP contribution in [-0.2, 0) is 0 Å². The molecule has 25 heavy (non-hydrogen) atoms. The van der Waals surface area contributed by atoms with Crippen molar-refractivity contribution in [1.82, 2.24) is 15.0 Å². The molecular formula is C19H15FN3O2. The lowest BCUT2D eigenvalue weighted by Gasteiger charge is -2.09. The predicted octanol–water partition coefficient (Wildman–Crippen LogP) is 4.55. The number of ether oxygens (including phenoxy) is 2. The highest BCUT2D eigenvalue weighted by Gasteiger charge is 2.14. The number of hydrogen-bond acceptors (Lipinski definition) is 4. The monoisotopic (exact) mass is 336 g/mol. The molecule has 2 heterocycles. The zero-order valence-electron chi connectivity index (χ0n) is 13.8. The number of nitrogens with zero attached hydrogens (tertiary/aromatic N) is 2. The molecule has 0 fully saturated rings. The lowest BCUT2D eigenvalue weighted by Crippen LogP contribution is -1.95. The van der Waals surface area contributed by atoms with E-state index in [1.165, 1.54) is 6.33 Å². The maximum atomic E-state index is 14.7. The van der Waals surface area contributed by atoms with Crippen LogP contribution in [0.3, 0.4) is 0 Å². The van der Waals surface area contributed by atoms with Gasteiger partial charge in [-0.25, -0.2) is 14.4 Å². The van der Waals surface area contributed by atoms with Crippen molar-refractivity contribution in [2.24, 2.45) is 0 Å². The third-order valence-corrected chi connectivity index (χ3v) is 3.85. The Kier molecular flexibility index (Phi) is 3.72. The van der Waals surface area contributed by atoms with Gasteiger partial charge in [-0.2, -0.15) is 0 Å². The zero-order valence-corrected chi connectivity index (χ0v) is 13.8. The number of rotatable bonds is 4. The molecule has 0 aliphatic carbocycles. The van der Waals surface area contributed by atoms with E-state index in [-0.39, 0.29) is 11.6 Å². The van der Waals surface area contributed by atoms with Crippen LogP contribution in [-0.4, -0.2) is 21.6 Å². The van der Waals surface area contributed by atoms with Crippen LogP contribution in [0.2, 0.25) is 0 Å². The van der Waals surface area contributed by atoms with Crippen molar-refractivity contribution in [3.63, 3.8) is 0 Å². The zero-order chi connectivity index (χ0) is 17.4. The Morgan fingerprint density at radius 1 is 1.20 bits per heavy atom. The van der Waals surface area contributed by atoms with Crippen LogP contribution in [0.25, 0.3) is 21.8 Å². The van der Waals surface area contributed by atoms with Gasteiger partial charge < -0.3 is 14.5 Å². The Morgan fingerprint density at radius 2 is 2.08 bits per heavy atom. The first-order valence-corrected chi connectivity index (χ1v) is 7.90. The van der Waals surface area contributed by atoms with Gasteiger partial charge in [0, 0.05) is 28.7 Å². The Balaban J connectivity index is 1.76. The smallest absolute Gasteiger partial charge is 0.230 e. The molecule has 1 radical (unpaired) electrons. The largest absolute Gasteiger partial charge is 0.493 e. The maximum Gasteiger partial charge on any atom is 0.230 e. The fraction of sp³-hybridized carbons (Fsp3) is 0.158. The van der Waals surface area contributed by atoms with Gasteiger partial charge in [0.15, 0.2) is 11.6 Å². The average molecular weight is 336 g/mol. The standard InChI is InChI=1S/C19H15FN3O2/c1-3-24-12-4-5-13-16(9-12)21-10-22-19(13)25-17-7-6-15-14(18(17)20)8-11(2)23-15/h5-10,23H,3H2,1-2H3. The molecule has 0 saturated carbocycles. The predicted molar refractivity (Wildman–Crippen MR) is 92.6 cm³/mol. The number of aromatic amines is 1. The van der Waals surface area contributed by atoms with Gasteiger partial charge in [0.25, 0.3) is 0 Å². The third-order valence-electron chi connectivity index (χ3n) is 3.85. The highest BCUT2D eigenvalue weighted by Crippen LogP contribution is 2.33. The molecular weight excluding hydrogens is 321 g/mol. The van der Waals surface area contributed by atoms with Crippen LogP contribution in [0.1, 0.15) is 12.6 Å². The number of nitrogens with one attached hydrogen (secondary N) is 1. The van der Waals surface area contributed by atoms with Gasteiger partial charge in [-0.1, -0.05) is 0 Å². The van der Waals surface area contributed by atoms with Crippen molar-refractivity contribution in [1.29, 1.82) is 0 Å². The summed E-state index contributed by atoms with van der Waals surface area (Å²) in [7, 11) is 0. The van der Waals surface area contributed by atoms with Crippen molar-refractivity contribution >= 4 is 21.8 Å². The van der Waals surface area contributed by atoms with E-state index in [0.717, 1.165) is 11.2 Å². The lowest BCUT2D eigenvalue weighted by atomic mass is 10.2. The number of benzene rings is 2. The average Bonchev–Trinajstić information content (AvgIpc) is 2.99. The van der Waals surface area contributed by atoms with Gasteiger partial charge in [0.2, 0.25) is 5.88 Å². The summed E-state index contributed by atoms with van der Waals surface area (Å²) in [6, 6.07) is 11.6. The maximum absolute atomic E-state index is 14.7. The van der Waals surface area contributed by atoms with E-state index in [1.807, 2.05) is 13.8 Å². The first kappa shape index (κ1) is 15.4. The van der Waals surface area contributed by atoms with Crippen LogP contribution in [0, 0.1) is 18.8 Å². The first-order chi connectivity index (χ1) is 12.2. The summed E-state index contributed by atoms with van der Waals surface area (Å²) >= 11 is 0. The number of hydrogen-bond donors (Lipinski definition) is 1. The van der Waals surface area contributed by atoms with Crippen molar-refractivity contribution in [2.75, 3.05) is 6.61 Å². The summed E-state index contributed by atoms with van der Waals surface area (Å²) in [5.41, 5.74) is 2.26. The summed E-state index contributed by atoms with van der Waals surface area (Å²) in [5.74, 6) is 0.550. The topological polar surface area (TPSA) is 60.0 Å². The quantitative estimate of drug-likeness (QED) is 0.594. The van der Waals surface area contributed by atoms with Gasteiger partial charge >= 0.3 is 0 Å². The van der Waals surface area contributed by atoms with Gasteiger partial charge in [-0.05, 0) is 38.1 Å². The van der Waals surface area contributed by atoms with Crippen molar-refractivity contribution in [3.8, 4) is 17.4 Å². The van der Waals surface area contributed by atoms with E-state index < -0.39 is 5.82 Å².